The number of carboxylic acid groups (broad SMARTS) is 1. The molecule has 0 heterocycles. The van der Waals surface area contributed by atoms with Crippen LogP contribution in [0, 0.1) is 0 Å². The maximum absolute atomic E-state index is 11.1. The first kappa shape index (κ1) is 18.4. The van der Waals surface area contributed by atoms with Gasteiger partial charge in [0.1, 0.15) is 5.75 Å². The molecule has 0 aliphatic rings. The number of halogens is 1. The molecule has 2 N–H and O–H groups in total. The van der Waals surface area contributed by atoms with Crippen molar-refractivity contribution in [2.45, 2.75) is 0 Å². The Labute approximate surface area is 149 Å². The third kappa shape index (κ3) is 4.33. The van der Waals surface area contributed by atoms with E-state index in [2.05, 4.69) is 10.5 Å². The molecule has 0 saturated carbocycles. The van der Waals surface area contributed by atoms with Gasteiger partial charge in [0.05, 0.1) is 43.8 Å². The number of hydrogen-bond acceptors (Lipinski definition) is 6. The van der Waals surface area contributed by atoms with Crippen LogP contribution in [-0.4, -0.2) is 38.6 Å². The smallest absolute Gasteiger partial charge is 0.337 e. The quantitative estimate of drug-likeness (QED) is 0.577. The summed E-state index contributed by atoms with van der Waals surface area (Å²) in [6.45, 7) is 0. The van der Waals surface area contributed by atoms with Crippen LogP contribution in [0.3, 0.4) is 0 Å². The van der Waals surface area contributed by atoms with Gasteiger partial charge in [-0.15, -0.1) is 0 Å². The maximum atomic E-state index is 11.1. The Bertz CT molecular complexity index is 808. The largest absolute Gasteiger partial charge is 0.496 e. The second kappa shape index (κ2) is 8.25. The van der Waals surface area contributed by atoms with Crippen LogP contribution in [-0.2, 0) is 0 Å². The number of rotatable bonds is 7. The number of methoxy groups -OCH3 is 3. The molecule has 7 nitrogen and oxygen atoms in total. The Hall–Kier alpha value is -2.93. The monoisotopic (exact) mass is 364 g/mol. The summed E-state index contributed by atoms with van der Waals surface area (Å²) < 4.78 is 15.8. The zero-order valence-corrected chi connectivity index (χ0v) is 14.6. The van der Waals surface area contributed by atoms with Crippen LogP contribution < -0.4 is 19.6 Å². The van der Waals surface area contributed by atoms with Crippen molar-refractivity contribution in [3.05, 3.63) is 46.5 Å². The molecule has 132 valence electrons. The normalized spacial score (nSPS) is 10.6. The molecule has 0 unspecified atom stereocenters. The van der Waals surface area contributed by atoms with Gasteiger partial charge in [0.15, 0.2) is 11.5 Å². The van der Waals surface area contributed by atoms with Crippen molar-refractivity contribution < 1.29 is 24.1 Å². The highest BCUT2D eigenvalue weighted by Gasteiger charge is 2.11. The number of anilines is 1. The Balaban J connectivity index is 2.25. The van der Waals surface area contributed by atoms with Gasteiger partial charge in [0.25, 0.3) is 0 Å². The summed E-state index contributed by atoms with van der Waals surface area (Å²) in [5.74, 6) is 0.502. The highest BCUT2D eigenvalue weighted by Crippen LogP contribution is 2.33. The highest BCUT2D eigenvalue weighted by atomic mass is 35.5. The van der Waals surface area contributed by atoms with Gasteiger partial charge in [-0.3, -0.25) is 5.43 Å². The number of nitrogens with zero attached hydrogens (tertiary/aromatic N) is 1. The van der Waals surface area contributed by atoms with Crippen LogP contribution in [0.1, 0.15) is 15.9 Å². The SMILES string of the molecule is COc1cc(OC)c(OC)cc1/C=N\Nc1ccc(Cl)c(C(=O)O)c1. The van der Waals surface area contributed by atoms with Crippen molar-refractivity contribution in [3.63, 3.8) is 0 Å². The first-order chi connectivity index (χ1) is 12.0. The summed E-state index contributed by atoms with van der Waals surface area (Å²) >= 11 is 5.83. The van der Waals surface area contributed by atoms with Crippen molar-refractivity contribution in [1.29, 1.82) is 0 Å². The molecule has 8 heteroatoms. The summed E-state index contributed by atoms with van der Waals surface area (Å²) in [5.41, 5.74) is 3.88. The molecule has 0 aliphatic heterocycles. The molecule has 0 fully saturated rings. The van der Waals surface area contributed by atoms with Gasteiger partial charge < -0.3 is 19.3 Å². The van der Waals surface area contributed by atoms with Gasteiger partial charge in [0.2, 0.25) is 0 Å². The van der Waals surface area contributed by atoms with Gasteiger partial charge in [-0.1, -0.05) is 11.6 Å². The summed E-state index contributed by atoms with van der Waals surface area (Å²) in [4.78, 5) is 11.1. The molecule has 0 atom stereocenters. The minimum absolute atomic E-state index is 0.00874. The third-order valence-electron chi connectivity index (χ3n) is 3.33. The molecule has 2 aromatic rings. The number of nitrogens with one attached hydrogen (secondary N) is 1. The predicted octanol–water partition coefficient (Wildman–Crippen LogP) is 3.51. The Kier molecular flexibility index (Phi) is 6.08. The second-order valence-electron chi connectivity index (χ2n) is 4.82. The van der Waals surface area contributed by atoms with Crippen LogP contribution >= 0.6 is 11.6 Å². The van der Waals surface area contributed by atoms with Crippen molar-refractivity contribution in [2.75, 3.05) is 26.8 Å². The van der Waals surface area contributed by atoms with Crippen LogP contribution in [0.4, 0.5) is 5.69 Å². The van der Waals surface area contributed by atoms with E-state index in [0.717, 1.165) is 0 Å². The molecular weight excluding hydrogens is 348 g/mol. The molecule has 2 aromatic carbocycles. The lowest BCUT2D eigenvalue weighted by atomic mass is 10.2. The fourth-order valence-corrected chi connectivity index (χ4v) is 2.29. The van der Waals surface area contributed by atoms with Crippen LogP contribution in [0.2, 0.25) is 5.02 Å². The van der Waals surface area contributed by atoms with Gasteiger partial charge >= 0.3 is 5.97 Å². The lowest BCUT2D eigenvalue weighted by Crippen LogP contribution is -2.00. The second-order valence-corrected chi connectivity index (χ2v) is 5.23. The van der Waals surface area contributed by atoms with Crippen molar-refractivity contribution in [1.82, 2.24) is 0 Å². The zero-order valence-electron chi connectivity index (χ0n) is 13.9. The van der Waals surface area contributed by atoms with E-state index < -0.39 is 5.97 Å². The number of hydrogen-bond donors (Lipinski definition) is 2. The van der Waals surface area contributed by atoms with E-state index >= 15 is 0 Å². The maximum Gasteiger partial charge on any atom is 0.337 e. The molecule has 0 saturated heterocycles. The van der Waals surface area contributed by atoms with Gasteiger partial charge in [-0.05, 0) is 24.3 Å². The van der Waals surface area contributed by atoms with Gasteiger partial charge in [-0.2, -0.15) is 5.10 Å². The van der Waals surface area contributed by atoms with E-state index in [4.69, 9.17) is 30.9 Å². The molecule has 0 radical (unpaired) electrons. The Morgan fingerprint density at radius 3 is 2.32 bits per heavy atom. The van der Waals surface area contributed by atoms with Gasteiger partial charge in [-0.25, -0.2) is 4.79 Å². The topological polar surface area (TPSA) is 89.4 Å². The molecule has 25 heavy (non-hydrogen) atoms. The lowest BCUT2D eigenvalue weighted by Gasteiger charge is -2.11. The number of ether oxygens (including phenoxy) is 3. The predicted molar refractivity (Wildman–Crippen MR) is 95.7 cm³/mol. The fourth-order valence-electron chi connectivity index (χ4n) is 2.09. The molecule has 0 aromatic heterocycles. The highest BCUT2D eigenvalue weighted by molar-refractivity contribution is 6.33. The first-order valence-electron chi connectivity index (χ1n) is 7.12. The number of aromatic carboxylic acids is 1. The number of benzene rings is 2. The van der Waals surface area contributed by atoms with E-state index in [-0.39, 0.29) is 10.6 Å². The van der Waals surface area contributed by atoms with Crippen molar-refractivity contribution >= 4 is 29.5 Å². The van der Waals surface area contributed by atoms with Crippen molar-refractivity contribution in [3.8, 4) is 17.2 Å². The van der Waals surface area contributed by atoms with Crippen LogP contribution in [0.5, 0.6) is 17.2 Å². The summed E-state index contributed by atoms with van der Waals surface area (Å²) in [7, 11) is 4.60. The molecule has 0 spiro atoms. The lowest BCUT2D eigenvalue weighted by molar-refractivity contribution is 0.0697. The zero-order chi connectivity index (χ0) is 18.4. The summed E-state index contributed by atoms with van der Waals surface area (Å²) in [6.07, 6.45) is 1.52. The molecular formula is C17H17ClN2O5. The average Bonchev–Trinajstić information content (AvgIpc) is 2.62. The molecule has 0 amide bonds. The third-order valence-corrected chi connectivity index (χ3v) is 3.66. The van der Waals surface area contributed by atoms with Gasteiger partial charge in [0, 0.05) is 11.6 Å². The summed E-state index contributed by atoms with van der Waals surface area (Å²) in [6, 6.07) is 7.91. The number of carboxylic acids is 1. The van der Waals surface area contributed by atoms with E-state index in [1.807, 2.05) is 0 Å². The van der Waals surface area contributed by atoms with E-state index in [1.54, 1.807) is 18.2 Å². The minimum atomic E-state index is -1.11. The first-order valence-corrected chi connectivity index (χ1v) is 7.50. The average molecular weight is 365 g/mol. The van der Waals surface area contributed by atoms with E-state index in [9.17, 15) is 4.79 Å². The molecule has 2 rings (SSSR count). The fraction of sp³-hybridized carbons (Fsp3) is 0.176. The number of carbonyl (C=O) groups is 1. The Morgan fingerprint density at radius 2 is 1.72 bits per heavy atom. The molecule has 0 bridgehead atoms. The van der Waals surface area contributed by atoms with E-state index in [0.29, 0.717) is 28.5 Å². The number of hydrazone groups is 1. The van der Waals surface area contributed by atoms with E-state index in [1.165, 1.54) is 39.7 Å². The van der Waals surface area contributed by atoms with Crippen molar-refractivity contribution in [2.24, 2.45) is 5.10 Å². The van der Waals surface area contributed by atoms with Crippen LogP contribution in [0.15, 0.2) is 35.4 Å². The minimum Gasteiger partial charge on any atom is -0.496 e. The molecule has 0 aliphatic carbocycles. The summed E-state index contributed by atoms with van der Waals surface area (Å²) in [5, 5.41) is 13.3. The standard InChI is InChI=1S/C17H17ClN2O5/c1-23-14-8-16(25-3)15(24-2)6-10(14)9-19-20-11-4-5-13(18)12(7-11)17(21)22/h4-9,20H,1-3H3,(H,21,22)/b19-9-. The Morgan fingerprint density at radius 1 is 1.08 bits per heavy atom. The van der Waals surface area contributed by atoms with Crippen LogP contribution in [0.25, 0.3) is 0 Å².